The first-order valence-electron chi connectivity index (χ1n) is 12.1. The molecule has 2 aliphatic carbocycles. The molecule has 0 bridgehead atoms. The highest BCUT2D eigenvalue weighted by molar-refractivity contribution is 5.92. The van der Waals surface area contributed by atoms with E-state index < -0.39 is 29.1 Å². The Kier molecular flexibility index (Phi) is 6.38. The van der Waals surface area contributed by atoms with Crippen molar-refractivity contribution in [1.29, 1.82) is 0 Å². The summed E-state index contributed by atoms with van der Waals surface area (Å²) in [6.07, 6.45) is 0.285. The summed E-state index contributed by atoms with van der Waals surface area (Å²) in [7, 11) is 1.54. The molecule has 7 nitrogen and oxygen atoms in total. The zero-order valence-electron chi connectivity index (χ0n) is 21.0. The number of nitrogens with zero attached hydrogens (tertiary/aromatic N) is 1. The predicted molar refractivity (Wildman–Crippen MR) is 133 cm³/mol. The Labute approximate surface area is 206 Å². The number of amides is 2. The third kappa shape index (κ3) is 4.28. The maximum Gasteiger partial charge on any atom is 0.407 e. The van der Waals surface area contributed by atoms with Gasteiger partial charge in [0, 0.05) is 19.0 Å². The molecule has 35 heavy (non-hydrogen) atoms. The second kappa shape index (κ2) is 9.02. The number of benzene rings is 2. The van der Waals surface area contributed by atoms with Gasteiger partial charge in [-0.25, -0.2) is 9.59 Å². The molecule has 0 saturated heterocycles. The maximum absolute atomic E-state index is 13.4. The third-order valence-electron chi connectivity index (χ3n) is 7.68. The number of carboxylic acids is 1. The highest BCUT2D eigenvalue weighted by Crippen LogP contribution is 2.45. The molecule has 1 fully saturated rings. The fraction of sp³-hybridized carbons (Fsp3) is 0.464. The van der Waals surface area contributed by atoms with Gasteiger partial charge in [-0.05, 0) is 54.9 Å². The normalized spacial score (nSPS) is 16.7. The molecule has 2 amide bonds. The Morgan fingerprint density at radius 1 is 1.06 bits per heavy atom. The molecule has 2 aliphatic rings. The Hall–Kier alpha value is -3.35. The van der Waals surface area contributed by atoms with Gasteiger partial charge < -0.3 is 20.1 Å². The number of carbonyl (C=O) groups is 3. The molecule has 2 N–H and O–H groups in total. The van der Waals surface area contributed by atoms with Crippen molar-refractivity contribution < 1.29 is 24.2 Å². The number of ether oxygens (including phenoxy) is 1. The molecule has 0 heterocycles. The lowest BCUT2D eigenvalue weighted by atomic mass is 9.77. The van der Waals surface area contributed by atoms with E-state index in [9.17, 15) is 19.5 Å². The summed E-state index contributed by atoms with van der Waals surface area (Å²) < 4.78 is 5.70. The summed E-state index contributed by atoms with van der Waals surface area (Å²) in [5.74, 6) is -1.44. The number of aliphatic carboxylic acids is 1. The van der Waals surface area contributed by atoms with E-state index in [1.807, 2.05) is 38.1 Å². The minimum Gasteiger partial charge on any atom is -0.479 e. The van der Waals surface area contributed by atoms with E-state index in [0.717, 1.165) is 22.3 Å². The topological polar surface area (TPSA) is 95.9 Å². The van der Waals surface area contributed by atoms with Crippen LogP contribution in [-0.4, -0.2) is 53.2 Å². The second-order valence-electron chi connectivity index (χ2n) is 10.6. The molecule has 0 aliphatic heterocycles. The molecular formula is C28H34N2O5. The number of hydrogen-bond acceptors (Lipinski definition) is 4. The van der Waals surface area contributed by atoms with Crippen molar-refractivity contribution in [3.63, 3.8) is 0 Å². The van der Waals surface area contributed by atoms with Gasteiger partial charge in [0.25, 0.3) is 0 Å². The maximum atomic E-state index is 13.4. The lowest BCUT2D eigenvalue weighted by Gasteiger charge is -2.40. The van der Waals surface area contributed by atoms with Gasteiger partial charge >= 0.3 is 12.1 Å². The van der Waals surface area contributed by atoms with Crippen molar-refractivity contribution in [1.82, 2.24) is 10.2 Å². The molecule has 1 saturated carbocycles. The Morgan fingerprint density at radius 2 is 1.57 bits per heavy atom. The summed E-state index contributed by atoms with van der Waals surface area (Å²) in [6.45, 7) is 7.53. The first-order valence-corrected chi connectivity index (χ1v) is 12.1. The van der Waals surface area contributed by atoms with Crippen LogP contribution in [-0.2, 0) is 14.3 Å². The van der Waals surface area contributed by atoms with Crippen LogP contribution >= 0.6 is 0 Å². The summed E-state index contributed by atoms with van der Waals surface area (Å²) >= 11 is 0. The minimum absolute atomic E-state index is 0.0586. The van der Waals surface area contributed by atoms with Gasteiger partial charge in [0.2, 0.25) is 5.91 Å². The Balaban J connectivity index is 1.46. The smallest absolute Gasteiger partial charge is 0.407 e. The SMILES string of the molecule is CC(C)C(NC(=O)OCC1c2ccccc2-c2ccccc21)C(C)(C)C(=O)N(C)C1(C(=O)O)CC1. The Bertz CT molecular complexity index is 1110. The van der Waals surface area contributed by atoms with Crippen LogP contribution in [0.5, 0.6) is 0 Å². The van der Waals surface area contributed by atoms with Gasteiger partial charge in [0.1, 0.15) is 12.1 Å². The number of carbonyl (C=O) groups excluding carboxylic acids is 2. The first kappa shape index (κ1) is 24.8. The van der Waals surface area contributed by atoms with Crippen LogP contribution in [0.3, 0.4) is 0 Å². The summed E-state index contributed by atoms with van der Waals surface area (Å²) in [5, 5.41) is 12.5. The van der Waals surface area contributed by atoms with Crippen molar-refractivity contribution in [3.8, 4) is 11.1 Å². The quantitative estimate of drug-likeness (QED) is 0.576. The third-order valence-corrected chi connectivity index (χ3v) is 7.68. The standard InChI is InChI=1S/C28H34N2O5/c1-17(2)23(27(3,4)24(31)30(5)28(14-15-28)25(32)33)29-26(34)35-16-22-20-12-8-6-10-18(20)19-11-7-9-13-21(19)22/h6-13,17,22-23H,14-16H2,1-5H3,(H,29,34)(H,32,33). The second-order valence-corrected chi connectivity index (χ2v) is 10.6. The molecule has 2 aromatic carbocycles. The molecule has 0 aromatic heterocycles. The van der Waals surface area contributed by atoms with Crippen LogP contribution in [0.1, 0.15) is 57.6 Å². The van der Waals surface area contributed by atoms with Crippen LogP contribution < -0.4 is 5.32 Å². The average molecular weight is 479 g/mol. The zero-order chi connectivity index (χ0) is 25.5. The van der Waals surface area contributed by atoms with Gasteiger partial charge in [-0.15, -0.1) is 0 Å². The van der Waals surface area contributed by atoms with Crippen molar-refractivity contribution in [2.24, 2.45) is 11.3 Å². The number of likely N-dealkylation sites (N-methyl/N-ethyl adjacent to an activating group) is 1. The van der Waals surface area contributed by atoms with Crippen LogP contribution in [0, 0.1) is 11.3 Å². The first-order chi connectivity index (χ1) is 16.5. The summed E-state index contributed by atoms with van der Waals surface area (Å²) in [4.78, 5) is 39.4. The highest BCUT2D eigenvalue weighted by Gasteiger charge is 2.58. The number of fused-ring (bicyclic) bond motifs is 3. The van der Waals surface area contributed by atoms with Crippen LogP contribution in [0.15, 0.2) is 48.5 Å². The van der Waals surface area contributed by atoms with E-state index in [-0.39, 0.29) is 24.3 Å². The number of hydrogen-bond donors (Lipinski definition) is 2. The van der Waals surface area contributed by atoms with Crippen LogP contribution in [0.25, 0.3) is 11.1 Å². The summed E-state index contributed by atoms with van der Waals surface area (Å²) in [5.41, 5.74) is 2.39. The van der Waals surface area contributed by atoms with Gasteiger partial charge in [-0.3, -0.25) is 4.79 Å². The summed E-state index contributed by atoms with van der Waals surface area (Å²) in [6, 6.07) is 15.7. The number of nitrogens with one attached hydrogen (secondary N) is 1. The number of alkyl carbamates (subject to hydrolysis) is 1. The van der Waals surface area contributed by atoms with E-state index in [2.05, 4.69) is 29.6 Å². The van der Waals surface area contributed by atoms with Gasteiger partial charge in [-0.2, -0.15) is 0 Å². The molecule has 0 radical (unpaired) electrons. The van der Waals surface area contributed by atoms with E-state index in [0.29, 0.717) is 12.8 Å². The van der Waals surface area contributed by atoms with Crippen molar-refractivity contribution in [3.05, 3.63) is 59.7 Å². The van der Waals surface area contributed by atoms with Gasteiger partial charge in [-0.1, -0.05) is 62.4 Å². The van der Waals surface area contributed by atoms with Crippen molar-refractivity contribution in [2.75, 3.05) is 13.7 Å². The molecule has 2 aromatic rings. The zero-order valence-corrected chi connectivity index (χ0v) is 21.0. The molecular weight excluding hydrogens is 444 g/mol. The lowest BCUT2D eigenvalue weighted by molar-refractivity contribution is -0.156. The van der Waals surface area contributed by atoms with E-state index >= 15 is 0 Å². The van der Waals surface area contributed by atoms with Crippen LogP contribution in [0.2, 0.25) is 0 Å². The lowest BCUT2D eigenvalue weighted by Crippen LogP contribution is -2.58. The predicted octanol–water partition coefficient (Wildman–Crippen LogP) is 4.65. The Morgan fingerprint density at radius 3 is 2.03 bits per heavy atom. The van der Waals surface area contributed by atoms with Gasteiger partial charge in [0.05, 0.1) is 5.41 Å². The van der Waals surface area contributed by atoms with Crippen molar-refractivity contribution >= 4 is 18.0 Å². The highest BCUT2D eigenvalue weighted by atomic mass is 16.5. The molecule has 7 heteroatoms. The number of carboxylic acid groups (broad SMARTS) is 1. The fourth-order valence-corrected chi connectivity index (χ4v) is 5.52. The van der Waals surface area contributed by atoms with Crippen LogP contribution in [0.4, 0.5) is 4.79 Å². The van der Waals surface area contributed by atoms with E-state index in [4.69, 9.17) is 4.74 Å². The van der Waals surface area contributed by atoms with E-state index in [1.54, 1.807) is 13.8 Å². The average Bonchev–Trinajstić information content (AvgIpc) is 3.58. The number of rotatable bonds is 8. The molecule has 1 unspecified atom stereocenters. The van der Waals surface area contributed by atoms with E-state index in [1.165, 1.54) is 11.9 Å². The molecule has 4 rings (SSSR count). The monoisotopic (exact) mass is 478 g/mol. The molecule has 0 spiro atoms. The minimum atomic E-state index is -1.14. The van der Waals surface area contributed by atoms with Crippen molar-refractivity contribution in [2.45, 2.75) is 58.0 Å². The molecule has 1 atom stereocenters. The fourth-order valence-electron chi connectivity index (χ4n) is 5.52. The largest absolute Gasteiger partial charge is 0.479 e. The van der Waals surface area contributed by atoms with Gasteiger partial charge in [0.15, 0.2) is 0 Å². The molecule has 186 valence electrons.